The van der Waals surface area contributed by atoms with Gasteiger partial charge in [0, 0.05) is 24.3 Å². The Balaban J connectivity index is 1.77. The van der Waals surface area contributed by atoms with E-state index < -0.39 is 15.9 Å². The third-order valence-corrected chi connectivity index (χ3v) is 7.43. The number of rotatable bonds is 7. The van der Waals surface area contributed by atoms with Crippen LogP contribution in [0.5, 0.6) is 17.2 Å². The maximum atomic E-state index is 13.1. The molecule has 0 aliphatic carbocycles. The Kier molecular flexibility index (Phi) is 8.31. The summed E-state index contributed by atoms with van der Waals surface area (Å²) >= 11 is 5.27. The smallest absolute Gasteiger partial charge is 0.257 e. The van der Waals surface area contributed by atoms with Crippen LogP contribution in [0.4, 0.5) is 5.69 Å². The van der Waals surface area contributed by atoms with Gasteiger partial charge >= 0.3 is 0 Å². The summed E-state index contributed by atoms with van der Waals surface area (Å²) in [5.74, 6) is 0.491. The molecule has 0 bridgehead atoms. The van der Waals surface area contributed by atoms with Crippen LogP contribution in [0.2, 0.25) is 0 Å². The van der Waals surface area contributed by atoms with Crippen molar-refractivity contribution in [2.24, 2.45) is 0 Å². The van der Waals surface area contributed by atoms with E-state index in [2.05, 4.69) is 10.6 Å². The normalized spacial score (nSPS) is 14.2. The number of benzene rings is 2. The predicted octanol–water partition coefficient (Wildman–Crippen LogP) is 2.17. The van der Waals surface area contributed by atoms with Gasteiger partial charge in [-0.05, 0) is 49.0 Å². The summed E-state index contributed by atoms with van der Waals surface area (Å²) in [6, 6.07) is 7.86. The Morgan fingerprint density at radius 2 is 1.65 bits per heavy atom. The molecule has 2 N–H and O–H groups in total. The maximum absolute atomic E-state index is 13.1. The number of anilines is 1. The van der Waals surface area contributed by atoms with Crippen LogP contribution < -0.4 is 24.8 Å². The van der Waals surface area contributed by atoms with Crippen LogP contribution in [0.25, 0.3) is 0 Å². The molecule has 0 radical (unpaired) electrons. The highest BCUT2D eigenvalue weighted by Crippen LogP contribution is 2.38. The topological polar surface area (TPSA) is 115 Å². The number of thiocarbonyl (C=S) groups is 1. The van der Waals surface area contributed by atoms with E-state index >= 15 is 0 Å². The Hall–Kier alpha value is -2.93. The Bertz CT molecular complexity index is 1150. The van der Waals surface area contributed by atoms with Crippen LogP contribution in [-0.2, 0) is 14.8 Å². The monoisotopic (exact) mass is 509 g/mol. The molecular weight excluding hydrogens is 482 g/mol. The lowest BCUT2D eigenvalue weighted by Gasteiger charge is -2.27. The first kappa shape index (κ1) is 25.7. The highest BCUT2D eigenvalue weighted by molar-refractivity contribution is 7.89. The van der Waals surface area contributed by atoms with E-state index in [1.807, 2.05) is 0 Å². The number of aryl methyl sites for hydroxylation is 1. The third kappa shape index (κ3) is 5.58. The molecule has 10 nitrogen and oxygen atoms in total. The van der Waals surface area contributed by atoms with Crippen LogP contribution in [0, 0.1) is 6.92 Å². The van der Waals surface area contributed by atoms with Gasteiger partial charge in [-0.2, -0.15) is 4.31 Å². The van der Waals surface area contributed by atoms with Gasteiger partial charge < -0.3 is 24.3 Å². The van der Waals surface area contributed by atoms with E-state index in [4.69, 9.17) is 31.2 Å². The van der Waals surface area contributed by atoms with Gasteiger partial charge in [0.25, 0.3) is 5.91 Å². The fourth-order valence-corrected chi connectivity index (χ4v) is 5.30. The van der Waals surface area contributed by atoms with Crippen LogP contribution in [0.15, 0.2) is 35.2 Å². The minimum Gasteiger partial charge on any atom is -0.493 e. The second kappa shape index (κ2) is 11.0. The summed E-state index contributed by atoms with van der Waals surface area (Å²) in [7, 11) is 0.670. The number of ether oxygens (including phenoxy) is 4. The van der Waals surface area contributed by atoms with Crippen LogP contribution in [0.3, 0.4) is 0 Å². The van der Waals surface area contributed by atoms with Crippen LogP contribution >= 0.6 is 12.2 Å². The van der Waals surface area contributed by atoms with Gasteiger partial charge in [0.2, 0.25) is 15.8 Å². The first-order valence-corrected chi connectivity index (χ1v) is 12.2. The number of carbonyl (C=O) groups is 1. The minimum absolute atomic E-state index is 0.00248. The summed E-state index contributed by atoms with van der Waals surface area (Å²) in [6.45, 7) is 3.02. The highest BCUT2D eigenvalue weighted by Gasteiger charge is 2.28. The third-order valence-electron chi connectivity index (χ3n) is 5.19. The van der Waals surface area contributed by atoms with Crippen LogP contribution in [0.1, 0.15) is 15.9 Å². The molecule has 0 aromatic heterocycles. The number of sulfonamides is 1. The lowest BCUT2D eigenvalue weighted by atomic mass is 10.1. The zero-order valence-electron chi connectivity index (χ0n) is 19.3. The molecule has 3 rings (SSSR count). The molecule has 0 spiro atoms. The van der Waals surface area contributed by atoms with E-state index in [0.29, 0.717) is 54.8 Å². The number of carbonyl (C=O) groups excluding carboxylic acids is 1. The molecule has 0 unspecified atom stereocenters. The number of hydrogen-bond acceptors (Lipinski definition) is 8. The second-order valence-electron chi connectivity index (χ2n) is 7.32. The summed E-state index contributed by atoms with van der Waals surface area (Å²) in [5, 5.41) is 5.44. The first-order valence-electron chi connectivity index (χ1n) is 10.3. The predicted molar refractivity (Wildman–Crippen MR) is 131 cm³/mol. The lowest BCUT2D eigenvalue weighted by molar-refractivity contribution is 0.0730. The van der Waals surface area contributed by atoms with E-state index in [1.54, 1.807) is 19.1 Å². The fraction of sp³-hybridized carbons (Fsp3) is 0.364. The first-order chi connectivity index (χ1) is 16.2. The molecule has 1 heterocycles. The molecule has 2 aromatic rings. The van der Waals surface area contributed by atoms with Crippen molar-refractivity contribution in [1.82, 2.24) is 9.62 Å². The van der Waals surface area contributed by atoms with E-state index in [-0.39, 0.29) is 15.6 Å². The molecule has 0 atom stereocenters. The van der Waals surface area contributed by atoms with Gasteiger partial charge in [-0.15, -0.1) is 0 Å². The van der Waals surface area contributed by atoms with Crippen molar-refractivity contribution in [3.63, 3.8) is 0 Å². The lowest BCUT2D eigenvalue weighted by Crippen LogP contribution is -2.40. The molecule has 12 heteroatoms. The van der Waals surface area contributed by atoms with Crippen molar-refractivity contribution >= 4 is 38.9 Å². The number of nitrogens with zero attached hydrogens (tertiary/aromatic N) is 1. The molecule has 1 fully saturated rings. The Morgan fingerprint density at radius 1 is 1.03 bits per heavy atom. The molecular formula is C22H27N3O7S2. The highest BCUT2D eigenvalue weighted by atomic mass is 32.2. The van der Waals surface area contributed by atoms with Crippen molar-refractivity contribution in [2.45, 2.75) is 11.8 Å². The summed E-state index contributed by atoms with van der Waals surface area (Å²) in [6.07, 6.45) is 0. The number of amides is 1. The SMILES string of the molecule is COc1cc(C(=O)NC(=S)Nc2ccc(C)c(S(=O)(=O)N3CCOCC3)c2)cc(OC)c1OC. The summed E-state index contributed by atoms with van der Waals surface area (Å²) < 4.78 is 48.6. The number of methoxy groups -OCH3 is 3. The number of morpholine rings is 1. The Labute approximate surface area is 204 Å². The molecule has 2 aromatic carbocycles. The zero-order chi connectivity index (χ0) is 24.9. The second-order valence-corrected chi connectivity index (χ2v) is 9.63. The van der Waals surface area contributed by atoms with Crippen LogP contribution in [-0.4, -0.2) is 71.4 Å². The van der Waals surface area contributed by atoms with Crippen molar-refractivity contribution < 1.29 is 32.2 Å². The van der Waals surface area contributed by atoms with Crippen molar-refractivity contribution in [3.05, 3.63) is 41.5 Å². The maximum Gasteiger partial charge on any atom is 0.257 e. The van der Waals surface area contributed by atoms with Gasteiger partial charge in [-0.1, -0.05) is 6.07 Å². The summed E-state index contributed by atoms with van der Waals surface area (Å²) in [4.78, 5) is 12.9. The van der Waals surface area contributed by atoms with Gasteiger partial charge in [0.1, 0.15) is 0 Å². The zero-order valence-corrected chi connectivity index (χ0v) is 21.0. The fourth-order valence-electron chi connectivity index (χ4n) is 3.43. The van der Waals surface area contributed by atoms with E-state index in [9.17, 15) is 13.2 Å². The minimum atomic E-state index is -3.70. The average Bonchev–Trinajstić information content (AvgIpc) is 2.84. The molecule has 0 saturated carbocycles. The van der Waals surface area contributed by atoms with Gasteiger partial charge in [0.15, 0.2) is 16.6 Å². The van der Waals surface area contributed by atoms with Crippen molar-refractivity contribution in [2.75, 3.05) is 52.9 Å². The van der Waals surface area contributed by atoms with E-state index in [1.165, 1.54) is 43.8 Å². The van der Waals surface area contributed by atoms with Crippen molar-refractivity contribution in [3.8, 4) is 17.2 Å². The Morgan fingerprint density at radius 3 is 2.21 bits per heavy atom. The quantitative estimate of drug-likeness (QED) is 0.542. The van der Waals surface area contributed by atoms with Gasteiger partial charge in [0.05, 0.1) is 39.4 Å². The largest absolute Gasteiger partial charge is 0.493 e. The molecule has 184 valence electrons. The average molecular weight is 510 g/mol. The van der Waals surface area contributed by atoms with E-state index in [0.717, 1.165) is 0 Å². The molecule has 34 heavy (non-hydrogen) atoms. The summed E-state index contributed by atoms with van der Waals surface area (Å²) in [5.41, 5.74) is 1.26. The molecule has 1 amide bonds. The molecule has 1 aliphatic heterocycles. The standard InChI is InChI=1S/C22H27N3O7S2/c1-14-5-6-16(13-19(14)34(27,28)25-7-9-32-10-8-25)23-22(33)24-21(26)15-11-17(29-2)20(31-4)18(12-15)30-3/h5-6,11-13H,7-10H2,1-4H3,(H2,23,24,26,33). The van der Waals surface area contributed by atoms with Crippen molar-refractivity contribution in [1.29, 1.82) is 0 Å². The molecule has 1 saturated heterocycles. The number of hydrogen-bond donors (Lipinski definition) is 2. The number of nitrogens with one attached hydrogen (secondary N) is 2. The molecule has 1 aliphatic rings. The van der Waals surface area contributed by atoms with Gasteiger partial charge in [-0.3, -0.25) is 10.1 Å². The van der Waals surface area contributed by atoms with Gasteiger partial charge in [-0.25, -0.2) is 8.42 Å².